The summed E-state index contributed by atoms with van der Waals surface area (Å²) in [6, 6.07) is 6.20. The van der Waals surface area contributed by atoms with Crippen molar-refractivity contribution in [1.29, 1.82) is 0 Å². The molecule has 92 valence electrons. The smallest absolute Gasteiger partial charge is 0.125 e. The Labute approximate surface area is 110 Å². The molecule has 1 saturated heterocycles. The monoisotopic (exact) mass is 296 g/mol. The van der Waals surface area contributed by atoms with Crippen molar-refractivity contribution in [3.05, 3.63) is 28.2 Å². The topological polar surface area (TPSA) is 38.5 Å². The summed E-state index contributed by atoms with van der Waals surface area (Å²) in [5.41, 5.74) is 7.36. The van der Waals surface area contributed by atoms with Crippen molar-refractivity contribution in [2.75, 3.05) is 20.1 Å². The summed E-state index contributed by atoms with van der Waals surface area (Å²) in [6.07, 6.45) is 1.99. The van der Waals surface area contributed by atoms with E-state index in [1.807, 2.05) is 12.1 Å². The van der Waals surface area contributed by atoms with Crippen molar-refractivity contribution in [3.8, 4) is 5.75 Å². The predicted octanol–water partition coefficient (Wildman–Crippen LogP) is 2.31. The maximum atomic E-state index is 6.30. The Kier molecular flexibility index (Phi) is 2.69. The highest BCUT2D eigenvalue weighted by Gasteiger charge is 2.44. The Hall–Kier alpha value is -0.580. The molecule has 0 bridgehead atoms. The van der Waals surface area contributed by atoms with Crippen LogP contribution in [0.15, 0.2) is 22.7 Å². The van der Waals surface area contributed by atoms with Crippen LogP contribution in [-0.4, -0.2) is 30.6 Å². The normalized spacial score (nSPS) is 32.5. The molecule has 1 aromatic carbocycles. The Bertz CT molecular complexity index is 451. The summed E-state index contributed by atoms with van der Waals surface area (Å²) in [4.78, 5) is 2.32. The van der Waals surface area contributed by atoms with Gasteiger partial charge < -0.3 is 15.4 Å². The fourth-order valence-corrected chi connectivity index (χ4v) is 3.36. The number of likely N-dealkylation sites (tertiary alicyclic amines) is 1. The minimum absolute atomic E-state index is 0.0605. The van der Waals surface area contributed by atoms with Gasteiger partial charge in [-0.2, -0.15) is 0 Å². The van der Waals surface area contributed by atoms with Gasteiger partial charge in [0.15, 0.2) is 0 Å². The SMILES string of the molecule is CN1CCC2(C[C@H](N)c3cc(Br)ccc3O2)C1. The van der Waals surface area contributed by atoms with Gasteiger partial charge in [0, 0.05) is 42.0 Å². The van der Waals surface area contributed by atoms with E-state index in [1.165, 1.54) is 0 Å². The number of fused-ring (bicyclic) bond motifs is 1. The molecule has 0 aromatic heterocycles. The average molecular weight is 297 g/mol. The van der Waals surface area contributed by atoms with Gasteiger partial charge in [0.05, 0.1) is 0 Å². The molecule has 0 amide bonds. The highest BCUT2D eigenvalue weighted by molar-refractivity contribution is 9.10. The van der Waals surface area contributed by atoms with Crippen LogP contribution in [0.4, 0.5) is 0 Å². The number of benzene rings is 1. The highest BCUT2D eigenvalue weighted by atomic mass is 79.9. The van der Waals surface area contributed by atoms with Gasteiger partial charge in [-0.25, -0.2) is 0 Å². The van der Waals surface area contributed by atoms with E-state index in [4.69, 9.17) is 10.5 Å². The number of ether oxygens (including phenoxy) is 1. The van der Waals surface area contributed by atoms with Crippen molar-refractivity contribution in [2.24, 2.45) is 5.73 Å². The van der Waals surface area contributed by atoms with Crippen molar-refractivity contribution in [1.82, 2.24) is 4.90 Å². The van der Waals surface area contributed by atoms with E-state index in [-0.39, 0.29) is 11.6 Å². The number of rotatable bonds is 0. The van der Waals surface area contributed by atoms with Crippen molar-refractivity contribution < 1.29 is 4.74 Å². The molecule has 0 saturated carbocycles. The molecule has 2 heterocycles. The molecular weight excluding hydrogens is 280 g/mol. The molecule has 3 rings (SSSR count). The second kappa shape index (κ2) is 3.97. The Morgan fingerprint density at radius 3 is 3.06 bits per heavy atom. The standard InChI is InChI=1S/C13H17BrN2O/c1-16-5-4-13(8-16)7-11(15)10-6-9(14)2-3-12(10)17-13/h2-3,6,11H,4-5,7-8,15H2,1H3/t11-,13?/m0/s1. The number of nitrogens with zero attached hydrogens (tertiary/aromatic N) is 1. The molecule has 1 aromatic rings. The first-order valence-electron chi connectivity index (χ1n) is 6.01. The lowest BCUT2D eigenvalue weighted by Crippen LogP contribution is -2.44. The van der Waals surface area contributed by atoms with Gasteiger partial charge in [0.25, 0.3) is 0 Å². The van der Waals surface area contributed by atoms with Gasteiger partial charge in [0.2, 0.25) is 0 Å². The Morgan fingerprint density at radius 2 is 2.35 bits per heavy atom. The summed E-state index contributed by atoms with van der Waals surface area (Å²) in [6.45, 7) is 2.08. The van der Waals surface area contributed by atoms with E-state index in [2.05, 4.69) is 33.9 Å². The van der Waals surface area contributed by atoms with E-state index in [0.29, 0.717) is 0 Å². The van der Waals surface area contributed by atoms with Crippen LogP contribution < -0.4 is 10.5 Å². The van der Waals surface area contributed by atoms with Gasteiger partial charge in [-0.1, -0.05) is 15.9 Å². The molecule has 3 nitrogen and oxygen atoms in total. The van der Waals surface area contributed by atoms with E-state index < -0.39 is 0 Å². The van der Waals surface area contributed by atoms with Crippen LogP contribution in [0.1, 0.15) is 24.4 Å². The van der Waals surface area contributed by atoms with Crippen LogP contribution in [0.5, 0.6) is 5.75 Å². The quantitative estimate of drug-likeness (QED) is 0.798. The lowest BCUT2D eigenvalue weighted by molar-refractivity contribution is 0.0466. The summed E-state index contributed by atoms with van der Waals surface area (Å²) >= 11 is 3.48. The van der Waals surface area contributed by atoms with Gasteiger partial charge in [-0.05, 0) is 25.2 Å². The zero-order valence-corrected chi connectivity index (χ0v) is 11.5. The van der Waals surface area contributed by atoms with Crippen LogP contribution in [0.25, 0.3) is 0 Å². The molecule has 2 aliphatic rings. The van der Waals surface area contributed by atoms with E-state index in [9.17, 15) is 0 Å². The molecular formula is C13H17BrN2O. The second-order valence-electron chi connectivity index (χ2n) is 5.27. The molecule has 1 unspecified atom stereocenters. The molecule has 2 aliphatic heterocycles. The Balaban J connectivity index is 1.96. The lowest BCUT2D eigenvalue weighted by Gasteiger charge is -2.38. The van der Waals surface area contributed by atoms with Crippen molar-refractivity contribution >= 4 is 15.9 Å². The van der Waals surface area contributed by atoms with Crippen LogP contribution >= 0.6 is 15.9 Å². The van der Waals surface area contributed by atoms with Crippen LogP contribution in [0, 0.1) is 0 Å². The average Bonchev–Trinajstić information content (AvgIpc) is 2.61. The summed E-state index contributed by atoms with van der Waals surface area (Å²) < 4.78 is 7.30. The highest BCUT2D eigenvalue weighted by Crippen LogP contribution is 2.43. The van der Waals surface area contributed by atoms with Crippen LogP contribution in [0.2, 0.25) is 0 Å². The number of hydrogen-bond donors (Lipinski definition) is 1. The number of nitrogens with two attached hydrogens (primary N) is 1. The van der Waals surface area contributed by atoms with Crippen LogP contribution in [0.3, 0.4) is 0 Å². The zero-order chi connectivity index (χ0) is 12.0. The molecule has 0 aliphatic carbocycles. The van der Waals surface area contributed by atoms with Crippen molar-refractivity contribution in [2.45, 2.75) is 24.5 Å². The first-order valence-corrected chi connectivity index (χ1v) is 6.80. The van der Waals surface area contributed by atoms with E-state index >= 15 is 0 Å². The van der Waals surface area contributed by atoms with Crippen LogP contribution in [-0.2, 0) is 0 Å². The molecule has 2 atom stereocenters. The lowest BCUT2D eigenvalue weighted by atomic mass is 9.87. The summed E-state index contributed by atoms with van der Waals surface area (Å²) in [5, 5.41) is 0. The van der Waals surface area contributed by atoms with E-state index in [1.54, 1.807) is 0 Å². The number of likely N-dealkylation sites (N-methyl/N-ethyl adjacent to an activating group) is 1. The largest absolute Gasteiger partial charge is 0.485 e. The minimum Gasteiger partial charge on any atom is -0.485 e. The maximum Gasteiger partial charge on any atom is 0.125 e. The number of halogens is 1. The third kappa shape index (κ3) is 1.98. The first-order chi connectivity index (χ1) is 8.08. The molecule has 2 N–H and O–H groups in total. The molecule has 1 spiro atoms. The second-order valence-corrected chi connectivity index (χ2v) is 6.18. The first kappa shape index (κ1) is 11.5. The van der Waals surface area contributed by atoms with Gasteiger partial charge >= 0.3 is 0 Å². The summed E-state index contributed by atoms with van der Waals surface area (Å²) in [7, 11) is 2.14. The molecule has 0 radical (unpaired) electrons. The van der Waals surface area contributed by atoms with E-state index in [0.717, 1.165) is 41.7 Å². The Morgan fingerprint density at radius 1 is 1.53 bits per heavy atom. The summed E-state index contributed by atoms with van der Waals surface area (Å²) in [5.74, 6) is 0.960. The molecule has 1 fully saturated rings. The fourth-order valence-electron chi connectivity index (χ4n) is 2.98. The van der Waals surface area contributed by atoms with Gasteiger partial charge in [0.1, 0.15) is 11.4 Å². The van der Waals surface area contributed by atoms with Crippen molar-refractivity contribution in [3.63, 3.8) is 0 Å². The number of hydrogen-bond acceptors (Lipinski definition) is 3. The maximum absolute atomic E-state index is 6.30. The molecule has 17 heavy (non-hydrogen) atoms. The van der Waals surface area contributed by atoms with Gasteiger partial charge in [-0.3, -0.25) is 0 Å². The minimum atomic E-state index is -0.0605. The molecule has 4 heteroatoms. The van der Waals surface area contributed by atoms with Gasteiger partial charge in [-0.15, -0.1) is 0 Å². The predicted molar refractivity (Wildman–Crippen MR) is 71.2 cm³/mol. The third-order valence-corrected chi connectivity index (χ3v) is 4.29. The zero-order valence-electron chi connectivity index (χ0n) is 9.95. The third-order valence-electron chi connectivity index (χ3n) is 3.80. The fraction of sp³-hybridized carbons (Fsp3) is 0.538.